The van der Waals surface area contributed by atoms with Gasteiger partial charge in [-0.2, -0.15) is 9.97 Å². The van der Waals surface area contributed by atoms with Crippen LogP contribution in [0.5, 0.6) is 0 Å². The zero-order valence-corrected chi connectivity index (χ0v) is 22.1. The zero-order chi connectivity index (χ0) is 25.8. The second-order valence-electron chi connectivity index (χ2n) is 9.79. The van der Waals surface area contributed by atoms with Crippen molar-refractivity contribution < 1.29 is 32.1 Å². The zero-order valence-electron chi connectivity index (χ0n) is 20.4. The number of imidazole rings is 1. The fraction of sp³-hybridized carbons (Fsp3) is 0.700. The van der Waals surface area contributed by atoms with Crippen LogP contribution in [0.15, 0.2) is 6.33 Å². The number of carbonyl (C=O) groups excluding carboxylic acids is 1. The largest absolute Gasteiger partial charge is 0.475 e. The van der Waals surface area contributed by atoms with Crippen molar-refractivity contribution in [3.63, 3.8) is 0 Å². The van der Waals surface area contributed by atoms with E-state index in [4.69, 9.17) is 24.0 Å². The van der Waals surface area contributed by atoms with Crippen LogP contribution in [0.25, 0.3) is 11.2 Å². The molecule has 2 saturated heterocycles. The van der Waals surface area contributed by atoms with E-state index in [1.54, 1.807) is 19.0 Å². The average Bonchev–Trinajstić information content (AvgIpc) is 3.27. The van der Waals surface area contributed by atoms with Crippen molar-refractivity contribution in [2.75, 3.05) is 43.7 Å². The molecule has 2 aliphatic rings. The van der Waals surface area contributed by atoms with Crippen molar-refractivity contribution >= 4 is 47.6 Å². The molecular formula is C20H30FN6O6PS. The summed E-state index contributed by atoms with van der Waals surface area (Å²) in [6, 6.07) is 0. The molecular weight excluding hydrogens is 502 g/mol. The molecule has 2 aromatic rings. The van der Waals surface area contributed by atoms with Crippen LogP contribution in [0.1, 0.15) is 33.9 Å². The number of nitrogens with zero attached hydrogens (tertiary/aromatic N) is 5. The van der Waals surface area contributed by atoms with Crippen molar-refractivity contribution in [1.29, 1.82) is 0 Å². The summed E-state index contributed by atoms with van der Waals surface area (Å²) in [5.41, 5.74) is 3.92. The number of carbonyl (C=O) groups is 1. The standard InChI is InChI=1S/C20H30FN6O6PS/c1-19(2,3)17(28)35-8-7-30-34(29)31-9-11-13(33-34)20(4,21)16(32-11)27-10-23-12-14(26(5)6)24-18(22)25-15(12)27/h10-11,13,16H,7-9H2,1-6H3,(H2,22,24,25)/t11-,13-,16-,20-,34?/m1/s1. The van der Waals surface area contributed by atoms with E-state index >= 15 is 4.39 Å². The van der Waals surface area contributed by atoms with Gasteiger partial charge < -0.3 is 15.4 Å². The van der Waals surface area contributed by atoms with Gasteiger partial charge in [0.25, 0.3) is 0 Å². The number of phosphoric ester groups is 1. The van der Waals surface area contributed by atoms with Gasteiger partial charge in [-0.05, 0) is 6.92 Å². The Hall–Kier alpha value is -1.83. The highest BCUT2D eigenvalue weighted by Gasteiger charge is 2.61. The lowest BCUT2D eigenvalue weighted by atomic mass is 9.98. The van der Waals surface area contributed by atoms with E-state index in [0.717, 1.165) is 11.8 Å². The number of alkyl halides is 1. The summed E-state index contributed by atoms with van der Waals surface area (Å²) in [6.45, 7) is 6.45. The minimum Gasteiger partial charge on any atom is -0.368 e. The molecule has 0 aromatic carbocycles. The Morgan fingerprint density at radius 3 is 2.80 bits per heavy atom. The molecule has 1 unspecified atom stereocenters. The van der Waals surface area contributed by atoms with Crippen molar-refractivity contribution in [3.8, 4) is 0 Å². The summed E-state index contributed by atoms with van der Waals surface area (Å²) in [6.07, 6.45) is -1.89. The highest BCUT2D eigenvalue weighted by molar-refractivity contribution is 8.13. The van der Waals surface area contributed by atoms with E-state index in [1.165, 1.54) is 17.8 Å². The highest BCUT2D eigenvalue weighted by Crippen LogP contribution is 2.59. The van der Waals surface area contributed by atoms with Gasteiger partial charge in [0.1, 0.15) is 12.2 Å². The summed E-state index contributed by atoms with van der Waals surface area (Å²) in [5, 5.41) is -0.0253. The number of aromatic nitrogens is 4. The van der Waals surface area contributed by atoms with Crippen molar-refractivity contribution in [2.24, 2.45) is 5.41 Å². The topological polar surface area (TPSA) is 144 Å². The van der Waals surface area contributed by atoms with E-state index in [-0.39, 0.29) is 35.7 Å². The SMILES string of the molecule is CN(C)c1nc(N)nc2c1ncn2[C@@H]1O[C@@H]2COP(=O)(OCCSC(=O)C(C)(C)C)O[C@H]2[C@@]1(C)F. The maximum absolute atomic E-state index is 16.2. The summed E-state index contributed by atoms with van der Waals surface area (Å²) < 4.78 is 52.7. The summed E-state index contributed by atoms with van der Waals surface area (Å²) in [7, 11) is -0.510. The van der Waals surface area contributed by atoms with Crippen molar-refractivity contribution in [2.45, 2.75) is 51.8 Å². The minimum absolute atomic E-state index is 0.000721. The quantitative estimate of drug-likeness (QED) is 0.431. The van der Waals surface area contributed by atoms with Crippen LogP contribution in [0.4, 0.5) is 16.2 Å². The Morgan fingerprint density at radius 1 is 1.43 bits per heavy atom. The monoisotopic (exact) mass is 532 g/mol. The first-order valence-corrected chi connectivity index (χ1v) is 13.4. The number of ether oxygens (including phenoxy) is 1. The molecule has 0 aliphatic carbocycles. The Bertz CT molecular complexity index is 1170. The number of nitrogens with two attached hydrogens (primary N) is 1. The third-order valence-electron chi connectivity index (χ3n) is 5.59. The Morgan fingerprint density at radius 2 is 2.14 bits per heavy atom. The van der Waals surface area contributed by atoms with Gasteiger partial charge in [-0.25, -0.2) is 13.9 Å². The van der Waals surface area contributed by atoms with Gasteiger partial charge in [0.15, 0.2) is 34.0 Å². The van der Waals surface area contributed by atoms with Crippen LogP contribution in [-0.4, -0.2) is 75.6 Å². The number of rotatable bonds is 6. The van der Waals surface area contributed by atoms with Crippen molar-refractivity contribution in [3.05, 3.63) is 6.33 Å². The molecule has 0 bridgehead atoms. The van der Waals surface area contributed by atoms with Crippen molar-refractivity contribution in [1.82, 2.24) is 19.5 Å². The fourth-order valence-corrected chi connectivity index (χ4v) is 6.18. The number of thioether (sulfide) groups is 1. The molecule has 0 saturated carbocycles. The molecule has 2 aliphatic heterocycles. The molecule has 194 valence electrons. The third kappa shape index (κ3) is 5.05. The number of nitrogen functional groups attached to an aromatic ring is 1. The van der Waals surface area contributed by atoms with Gasteiger partial charge in [0.05, 0.1) is 19.5 Å². The van der Waals surface area contributed by atoms with Gasteiger partial charge in [-0.1, -0.05) is 32.5 Å². The van der Waals surface area contributed by atoms with Gasteiger partial charge in [-0.3, -0.25) is 22.9 Å². The number of anilines is 2. The van der Waals surface area contributed by atoms with E-state index < -0.39 is 37.3 Å². The third-order valence-corrected chi connectivity index (χ3v) is 8.29. The normalized spacial score (nSPS) is 31.0. The molecule has 15 heteroatoms. The molecule has 0 radical (unpaired) electrons. The van der Waals surface area contributed by atoms with E-state index in [2.05, 4.69) is 15.0 Å². The fourth-order valence-electron chi connectivity index (χ4n) is 3.81. The molecule has 5 atom stereocenters. The lowest BCUT2D eigenvalue weighted by molar-refractivity contribution is -0.117. The molecule has 12 nitrogen and oxygen atoms in total. The molecule has 2 fully saturated rings. The summed E-state index contributed by atoms with van der Waals surface area (Å²) >= 11 is 1.06. The summed E-state index contributed by atoms with van der Waals surface area (Å²) in [5.74, 6) is 0.727. The van der Waals surface area contributed by atoms with Crippen LogP contribution < -0.4 is 10.6 Å². The van der Waals surface area contributed by atoms with Crippen LogP contribution in [0.2, 0.25) is 0 Å². The Kier molecular flexibility index (Phi) is 6.92. The second kappa shape index (κ2) is 9.24. The Labute approximate surface area is 206 Å². The van der Waals surface area contributed by atoms with Crippen LogP contribution >= 0.6 is 19.6 Å². The first-order chi connectivity index (χ1) is 16.2. The first-order valence-electron chi connectivity index (χ1n) is 11.0. The average molecular weight is 533 g/mol. The van der Waals surface area contributed by atoms with E-state index in [1.807, 2.05) is 20.8 Å². The number of hydrogen-bond donors (Lipinski definition) is 1. The number of fused-ring (bicyclic) bond motifs is 2. The molecule has 4 rings (SSSR count). The molecule has 4 heterocycles. The molecule has 2 aromatic heterocycles. The van der Waals surface area contributed by atoms with Crippen LogP contribution in [0, 0.1) is 5.41 Å². The first kappa shape index (κ1) is 26.2. The molecule has 35 heavy (non-hydrogen) atoms. The Balaban J connectivity index is 1.50. The van der Waals surface area contributed by atoms with Gasteiger partial charge in [0.2, 0.25) is 5.95 Å². The lowest BCUT2D eigenvalue weighted by Gasteiger charge is -2.33. The number of halogens is 1. The maximum atomic E-state index is 16.2. The van der Waals surface area contributed by atoms with E-state index in [9.17, 15) is 9.36 Å². The smallest absolute Gasteiger partial charge is 0.368 e. The van der Waals surface area contributed by atoms with Crippen LogP contribution in [-0.2, 0) is 27.7 Å². The lowest BCUT2D eigenvalue weighted by Crippen LogP contribution is -2.44. The molecule has 0 spiro atoms. The highest BCUT2D eigenvalue weighted by atomic mass is 32.2. The maximum Gasteiger partial charge on any atom is 0.475 e. The van der Waals surface area contributed by atoms with Gasteiger partial charge in [0, 0.05) is 25.3 Å². The summed E-state index contributed by atoms with van der Waals surface area (Å²) in [4.78, 5) is 26.5. The number of hydrogen-bond acceptors (Lipinski definition) is 12. The van der Waals surface area contributed by atoms with E-state index in [0.29, 0.717) is 11.3 Å². The van der Waals surface area contributed by atoms with Gasteiger partial charge in [-0.15, -0.1) is 0 Å². The predicted octanol–water partition coefficient (Wildman–Crippen LogP) is 2.95. The van der Waals surface area contributed by atoms with Gasteiger partial charge >= 0.3 is 7.82 Å². The number of phosphoric acid groups is 1. The predicted molar refractivity (Wildman–Crippen MR) is 129 cm³/mol. The van der Waals surface area contributed by atoms with Crippen LogP contribution in [0.3, 0.4) is 0 Å². The molecule has 2 N–H and O–H groups in total. The molecule has 0 amide bonds. The minimum atomic E-state index is -4.07. The second-order valence-corrected chi connectivity index (χ2v) is 12.5.